The number of carbonyl (C=O) groups excluding carboxylic acids is 1. The summed E-state index contributed by atoms with van der Waals surface area (Å²) in [6.45, 7) is 1.42. The normalized spacial score (nSPS) is 11.5. The topological polar surface area (TPSA) is 128 Å². The summed E-state index contributed by atoms with van der Waals surface area (Å²) in [7, 11) is 0. The number of amides is 1. The lowest BCUT2D eigenvalue weighted by Crippen LogP contribution is -2.27. The number of rotatable bonds is 10. The van der Waals surface area contributed by atoms with E-state index in [0.29, 0.717) is 11.6 Å². The zero-order valence-corrected chi connectivity index (χ0v) is 19.8. The number of nitrogens with zero attached hydrogens (tertiary/aromatic N) is 1. The van der Waals surface area contributed by atoms with Gasteiger partial charge in [-0.25, -0.2) is 4.79 Å². The highest BCUT2D eigenvalue weighted by Crippen LogP contribution is 2.35. The minimum Gasteiger partial charge on any atom is -0.490 e. The predicted octanol–water partition coefficient (Wildman–Crippen LogP) is 5.45. The van der Waals surface area contributed by atoms with Gasteiger partial charge in [0.1, 0.15) is 12.3 Å². The number of ether oxygens (including phenoxy) is 2. The van der Waals surface area contributed by atoms with Crippen LogP contribution >= 0.6 is 0 Å². The van der Waals surface area contributed by atoms with E-state index < -0.39 is 46.5 Å². The maximum absolute atomic E-state index is 13.0. The lowest BCUT2D eigenvalue weighted by atomic mass is 10.1. The van der Waals surface area contributed by atoms with Gasteiger partial charge < -0.3 is 19.9 Å². The summed E-state index contributed by atoms with van der Waals surface area (Å²) < 4.78 is 50.0. The Kier molecular flexibility index (Phi) is 8.69. The molecule has 0 fully saturated rings. The number of halogens is 3. The van der Waals surface area contributed by atoms with Crippen molar-refractivity contribution in [3.63, 3.8) is 0 Å². The van der Waals surface area contributed by atoms with Crippen molar-refractivity contribution in [3.8, 4) is 11.5 Å². The van der Waals surface area contributed by atoms with Gasteiger partial charge in [-0.05, 0) is 55.0 Å². The van der Waals surface area contributed by atoms with Gasteiger partial charge in [-0.3, -0.25) is 14.9 Å². The molecule has 3 aromatic rings. The van der Waals surface area contributed by atoms with Crippen LogP contribution in [0.2, 0.25) is 0 Å². The van der Waals surface area contributed by atoms with E-state index in [-0.39, 0.29) is 29.2 Å². The average Bonchev–Trinajstić information content (AvgIpc) is 2.87. The standard InChI is InChI=1S/C26H21F3N2O7/c1-2-37-23-13-16(12-20(25(33)34)30-24(32)17-6-4-3-5-7-17)8-11-22(23)38-15-18-9-10-19(26(27,28)29)14-21(18)31(35)36/h3-14H,2,15H2,1H3,(H,30,32)(H,33,34)/b20-12+. The Hall–Kier alpha value is -4.87. The minimum atomic E-state index is -4.75. The lowest BCUT2D eigenvalue weighted by Gasteiger charge is -2.14. The van der Waals surface area contributed by atoms with E-state index in [0.717, 1.165) is 12.1 Å². The van der Waals surface area contributed by atoms with Crippen LogP contribution < -0.4 is 14.8 Å². The Labute approximate surface area is 214 Å². The Morgan fingerprint density at radius 1 is 1.03 bits per heavy atom. The van der Waals surface area contributed by atoms with E-state index in [1.807, 2.05) is 0 Å². The van der Waals surface area contributed by atoms with Crippen LogP contribution in [0.5, 0.6) is 11.5 Å². The number of hydrogen-bond donors (Lipinski definition) is 2. The Morgan fingerprint density at radius 2 is 1.74 bits per heavy atom. The summed E-state index contributed by atoms with van der Waals surface area (Å²) in [6, 6.07) is 14.4. The van der Waals surface area contributed by atoms with Gasteiger partial charge in [-0.1, -0.05) is 24.3 Å². The van der Waals surface area contributed by atoms with Gasteiger partial charge in [-0.2, -0.15) is 13.2 Å². The molecule has 9 nitrogen and oxygen atoms in total. The molecular weight excluding hydrogens is 509 g/mol. The van der Waals surface area contributed by atoms with Gasteiger partial charge in [0.25, 0.3) is 11.6 Å². The zero-order valence-electron chi connectivity index (χ0n) is 19.8. The van der Waals surface area contributed by atoms with Crippen molar-refractivity contribution in [3.05, 3.63) is 105 Å². The Balaban J connectivity index is 1.85. The van der Waals surface area contributed by atoms with Crippen LogP contribution in [0, 0.1) is 10.1 Å². The van der Waals surface area contributed by atoms with Crippen molar-refractivity contribution in [1.82, 2.24) is 5.32 Å². The second kappa shape index (κ2) is 11.9. The van der Waals surface area contributed by atoms with E-state index in [9.17, 15) is 38.0 Å². The summed E-state index contributed by atoms with van der Waals surface area (Å²) in [5.74, 6) is -1.75. The molecule has 198 valence electrons. The molecule has 3 rings (SSSR count). The minimum absolute atomic E-state index is 0.0915. The van der Waals surface area contributed by atoms with Crippen LogP contribution in [0.4, 0.5) is 18.9 Å². The van der Waals surface area contributed by atoms with E-state index >= 15 is 0 Å². The molecule has 0 saturated heterocycles. The number of nitro benzene ring substituents is 1. The fraction of sp³-hybridized carbons (Fsp3) is 0.154. The van der Waals surface area contributed by atoms with Gasteiger partial charge in [-0.15, -0.1) is 0 Å². The highest BCUT2D eigenvalue weighted by Gasteiger charge is 2.33. The molecular formula is C26H21F3N2O7. The number of hydrogen-bond acceptors (Lipinski definition) is 6. The molecule has 0 aliphatic rings. The predicted molar refractivity (Wildman–Crippen MR) is 130 cm³/mol. The molecule has 0 spiro atoms. The maximum atomic E-state index is 13.0. The van der Waals surface area contributed by atoms with Gasteiger partial charge >= 0.3 is 12.1 Å². The van der Waals surface area contributed by atoms with Gasteiger partial charge in [0.05, 0.1) is 22.7 Å². The van der Waals surface area contributed by atoms with Crippen molar-refractivity contribution in [2.75, 3.05) is 6.61 Å². The Morgan fingerprint density at radius 3 is 2.34 bits per heavy atom. The third-order valence-corrected chi connectivity index (χ3v) is 5.09. The molecule has 0 radical (unpaired) electrons. The molecule has 3 aromatic carbocycles. The summed E-state index contributed by atoms with van der Waals surface area (Å²) in [5.41, 5.74) is -1.82. The van der Waals surface area contributed by atoms with Crippen LogP contribution in [-0.2, 0) is 17.6 Å². The number of alkyl halides is 3. The lowest BCUT2D eigenvalue weighted by molar-refractivity contribution is -0.386. The molecule has 0 aliphatic carbocycles. The van der Waals surface area contributed by atoms with Gasteiger partial charge in [0.15, 0.2) is 11.5 Å². The number of carbonyl (C=O) groups is 2. The van der Waals surface area contributed by atoms with E-state index in [1.54, 1.807) is 25.1 Å². The molecule has 0 unspecified atom stereocenters. The quantitative estimate of drug-likeness (QED) is 0.203. The van der Waals surface area contributed by atoms with E-state index in [1.165, 1.54) is 36.4 Å². The number of carboxylic acid groups (broad SMARTS) is 1. The summed E-state index contributed by atoms with van der Waals surface area (Å²) in [6.07, 6.45) is -3.54. The van der Waals surface area contributed by atoms with Crippen molar-refractivity contribution in [1.29, 1.82) is 0 Å². The fourth-order valence-electron chi connectivity index (χ4n) is 3.29. The first-order valence-electron chi connectivity index (χ1n) is 11.0. The number of carboxylic acids is 1. The molecule has 0 atom stereocenters. The summed E-state index contributed by atoms with van der Waals surface area (Å²) in [5, 5.41) is 23.2. The highest BCUT2D eigenvalue weighted by molar-refractivity contribution is 6.02. The number of nitrogens with one attached hydrogen (secondary N) is 1. The first-order valence-corrected chi connectivity index (χ1v) is 11.0. The van der Waals surface area contributed by atoms with Crippen LogP contribution in [0.3, 0.4) is 0 Å². The second-order valence-corrected chi connectivity index (χ2v) is 7.71. The molecule has 0 heterocycles. The van der Waals surface area contributed by atoms with E-state index in [2.05, 4.69) is 5.32 Å². The molecule has 2 N–H and O–H groups in total. The highest BCUT2D eigenvalue weighted by atomic mass is 19.4. The fourth-order valence-corrected chi connectivity index (χ4v) is 3.29. The average molecular weight is 530 g/mol. The zero-order chi connectivity index (χ0) is 27.9. The Bertz CT molecular complexity index is 1370. The van der Waals surface area contributed by atoms with Gasteiger partial charge in [0, 0.05) is 11.6 Å². The molecule has 0 bridgehead atoms. The molecule has 0 aromatic heterocycles. The van der Waals surface area contributed by atoms with Crippen LogP contribution in [0.15, 0.2) is 72.4 Å². The van der Waals surface area contributed by atoms with Crippen LogP contribution in [0.25, 0.3) is 6.08 Å². The van der Waals surface area contributed by atoms with Crippen molar-refractivity contribution < 1.29 is 42.3 Å². The number of benzene rings is 3. The molecule has 0 aliphatic heterocycles. The molecule has 12 heteroatoms. The molecule has 0 saturated carbocycles. The SMILES string of the molecule is CCOc1cc(/C=C(/NC(=O)c2ccccc2)C(=O)O)ccc1OCc1ccc(C(F)(F)F)cc1[N+](=O)[O-]. The maximum Gasteiger partial charge on any atom is 0.416 e. The van der Waals surface area contributed by atoms with Crippen LogP contribution in [-0.4, -0.2) is 28.5 Å². The number of aliphatic carboxylic acids is 1. The smallest absolute Gasteiger partial charge is 0.416 e. The molecule has 1 amide bonds. The van der Waals surface area contributed by atoms with Gasteiger partial charge in [0.2, 0.25) is 0 Å². The monoisotopic (exact) mass is 530 g/mol. The number of nitro groups is 1. The largest absolute Gasteiger partial charge is 0.490 e. The van der Waals surface area contributed by atoms with E-state index in [4.69, 9.17) is 9.47 Å². The summed E-state index contributed by atoms with van der Waals surface area (Å²) >= 11 is 0. The first-order chi connectivity index (χ1) is 18.0. The van der Waals surface area contributed by atoms with Crippen molar-refractivity contribution in [2.24, 2.45) is 0 Å². The third-order valence-electron chi connectivity index (χ3n) is 5.09. The van der Waals surface area contributed by atoms with Crippen molar-refractivity contribution >= 4 is 23.6 Å². The second-order valence-electron chi connectivity index (χ2n) is 7.71. The molecule has 38 heavy (non-hydrogen) atoms. The van der Waals surface area contributed by atoms with Crippen LogP contribution in [0.1, 0.15) is 34.0 Å². The third kappa shape index (κ3) is 7.09. The summed E-state index contributed by atoms with van der Waals surface area (Å²) in [4.78, 5) is 34.5. The van der Waals surface area contributed by atoms with Crippen molar-refractivity contribution in [2.45, 2.75) is 19.7 Å². The first kappa shape index (κ1) is 27.7.